The molecule has 1 atom stereocenters. The summed E-state index contributed by atoms with van der Waals surface area (Å²) in [5.74, 6) is -0.377. The highest BCUT2D eigenvalue weighted by atomic mass is 19.1. The number of nitrogens with zero attached hydrogens (tertiary/aromatic N) is 3. The molecule has 0 spiro atoms. The van der Waals surface area contributed by atoms with Gasteiger partial charge in [0.25, 0.3) is 11.8 Å². The predicted octanol–water partition coefficient (Wildman–Crippen LogP) is 4.31. The summed E-state index contributed by atoms with van der Waals surface area (Å²) < 4.78 is 30.5. The van der Waals surface area contributed by atoms with Gasteiger partial charge in [-0.1, -0.05) is 42.5 Å². The number of ether oxygens (including phenoxy) is 3. The third-order valence-electron chi connectivity index (χ3n) is 6.35. The van der Waals surface area contributed by atoms with Crippen LogP contribution < -0.4 is 9.47 Å². The fourth-order valence-corrected chi connectivity index (χ4v) is 4.40. The number of para-hydroxylation sites is 1. The second-order valence-electron chi connectivity index (χ2n) is 8.68. The molecule has 0 fully saturated rings. The van der Waals surface area contributed by atoms with Crippen LogP contribution in [0, 0.1) is 5.82 Å². The second-order valence-corrected chi connectivity index (χ2v) is 8.68. The first-order valence-corrected chi connectivity index (χ1v) is 12.2. The third kappa shape index (κ3) is 5.84. The Morgan fingerprint density at radius 3 is 2.50 bits per heavy atom. The molecule has 0 N–H and O–H groups in total. The van der Waals surface area contributed by atoms with Crippen molar-refractivity contribution in [2.24, 2.45) is 5.10 Å². The van der Waals surface area contributed by atoms with Gasteiger partial charge in [-0.2, -0.15) is 5.10 Å². The number of rotatable bonds is 10. The number of hydrogen-bond acceptors (Lipinski definition) is 6. The highest BCUT2D eigenvalue weighted by molar-refractivity contribution is 6.04. The molecule has 0 radical (unpaired) electrons. The lowest BCUT2D eigenvalue weighted by atomic mass is 9.97. The average Bonchev–Trinajstić information content (AvgIpc) is 3.40. The highest BCUT2D eigenvalue weighted by Crippen LogP contribution is 2.37. The minimum atomic E-state index is -0.654. The van der Waals surface area contributed by atoms with Crippen molar-refractivity contribution in [3.8, 4) is 11.5 Å². The van der Waals surface area contributed by atoms with E-state index in [9.17, 15) is 14.0 Å². The molecule has 0 saturated carbocycles. The van der Waals surface area contributed by atoms with Crippen molar-refractivity contribution < 1.29 is 28.2 Å². The van der Waals surface area contributed by atoms with Gasteiger partial charge in [-0.3, -0.25) is 9.59 Å². The quantitative estimate of drug-likeness (QED) is 0.399. The van der Waals surface area contributed by atoms with Crippen LogP contribution in [0.5, 0.6) is 11.5 Å². The molecule has 1 aliphatic heterocycles. The smallest absolute Gasteiger partial charge is 0.262 e. The van der Waals surface area contributed by atoms with Crippen molar-refractivity contribution in [1.29, 1.82) is 0 Å². The average molecular weight is 520 g/mol. The molecule has 0 saturated heterocycles. The van der Waals surface area contributed by atoms with E-state index in [-0.39, 0.29) is 25.3 Å². The Kier molecular flexibility index (Phi) is 8.70. The first-order chi connectivity index (χ1) is 18.5. The van der Waals surface area contributed by atoms with E-state index in [1.165, 1.54) is 35.2 Å². The van der Waals surface area contributed by atoms with Gasteiger partial charge in [0.05, 0.1) is 38.1 Å². The van der Waals surface area contributed by atoms with E-state index in [2.05, 4.69) is 0 Å². The normalized spacial score (nSPS) is 14.7. The highest BCUT2D eigenvalue weighted by Gasteiger charge is 2.36. The summed E-state index contributed by atoms with van der Waals surface area (Å²) >= 11 is 0. The summed E-state index contributed by atoms with van der Waals surface area (Å²) in [5, 5.41) is 6.09. The fourth-order valence-electron chi connectivity index (χ4n) is 4.40. The minimum absolute atomic E-state index is 0.106. The van der Waals surface area contributed by atoms with Gasteiger partial charge in [0, 0.05) is 31.2 Å². The number of hydrazone groups is 1. The summed E-state index contributed by atoms with van der Waals surface area (Å²) in [6, 6.07) is 20.1. The Morgan fingerprint density at radius 2 is 1.76 bits per heavy atom. The zero-order chi connectivity index (χ0) is 27.1. The molecule has 38 heavy (non-hydrogen) atoms. The molecule has 1 aliphatic rings. The summed E-state index contributed by atoms with van der Waals surface area (Å²) in [4.78, 5) is 28.2. The van der Waals surface area contributed by atoms with Crippen LogP contribution in [0.4, 0.5) is 4.39 Å². The molecule has 198 valence electrons. The molecule has 0 aromatic heterocycles. The fraction of sp³-hybridized carbons (Fsp3) is 0.276. The van der Waals surface area contributed by atoms with E-state index < -0.39 is 23.7 Å². The van der Waals surface area contributed by atoms with Crippen molar-refractivity contribution in [2.45, 2.75) is 12.5 Å². The van der Waals surface area contributed by atoms with Gasteiger partial charge in [0.2, 0.25) is 0 Å². The zero-order valence-corrected chi connectivity index (χ0v) is 21.6. The van der Waals surface area contributed by atoms with Crippen molar-refractivity contribution in [3.63, 3.8) is 0 Å². The lowest BCUT2D eigenvalue weighted by molar-refractivity contribution is -0.133. The van der Waals surface area contributed by atoms with Crippen molar-refractivity contribution >= 4 is 17.5 Å². The Morgan fingerprint density at radius 1 is 1.00 bits per heavy atom. The van der Waals surface area contributed by atoms with E-state index in [1.807, 2.05) is 48.5 Å². The van der Waals surface area contributed by atoms with Crippen LogP contribution in [0.25, 0.3) is 0 Å². The van der Waals surface area contributed by atoms with Gasteiger partial charge in [0.15, 0.2) is 0 Å². The van der Waals surface area contributed by atoms with Crippen molar-refractivity contribution in [2.75, 3.05) is 41.0 Å². The van der Waals surface area contributed by atoms with Crippen LogP contribution in [-0.4, -0.2) is 68.5 Å². The molecule has 4 rings (SSSR count). The van der Waals surface area contributed by atoms with E-state index >= 15 is 0 Å². The van der Waals surface area contributed by atoms with Crippen LogP contribution in [0.15, 0.2) is 77.9 Å². The van der Waals surface area contributed by atoms with Gasteiger partial charge >= 0.3 is 0 Å². The van der Waals surface area contributed by atoms with Crippen LogP contribution >= 0.6 is 0 Å². The van der Waals surface area contributed by atoms with Crippen LogP contribution in [0.2, 0.25) is 0 Å². The lowest BCUT2D eigenvalue weighted by Gasteiger charge is -2.27. The Balaban J connectivity index is 1.68. The largest absolute Gasteiger partial charge is 0.497 e. The number of halogens is 1. The lowest BCUT2D eigenvalue weighted by Crippen LogP contribution is -2.43. The SMILES string of the molecule is COCCN(CC(=O)N1N=C(c2cccc(OC)c2)CC1c1ccccc1OC)C(=O)c1ccccc1F. The molecule has 9 heteroatoms. The number of carbonyl (C=O) groups is 2. The van der Waals surface area contributed by atoms with Gasteiger partial charge < -0.3 is 19.1 Å². The van der Waals surface area contributed by atoms with Gasteiger partial charge in [-0.05, 0) is 30.3 Å². The molecule has 0 bridgehead atoms. The molecule has 1 heterocycles. The molecule has 1 unspecified atom stereocenters. The number of benzene rings is 3. The monoisotopic (exact) mass is 519 g/mol. The Hall–Kier alpha value is -4.24. The maximum Gasteiger partial charge on any atom is 0.262 e. The summed E-state index contributed by atoms with van der Waals surface area (Å²) in [6.07, 6.45) is 0.429. The summed E-state index contributed by atoms with van der Waals surface area (Å²) in [7, 11) is 4.66. The molecular formula is C29H30FN3O5. The first kappa shape index (κ1) is 26.8. The van der Waals surface area contributed by atoms with Crippen LogP contribution in [0.1, 0.15) is 33.9 Å². The van der Waals surface area contributed by atoms with E-state index in [1.54, 1.807) is 20.3 Å². The standard InChI is InChI=1S/C29H30FN3O5/c1-36-16-15-32(29(35)22-11-4-6-13-24(22)30)19-28(34)33-26(23-12-5-7-14-27(23)38-3)18-25(31-33)20-9-8-10-21(17-20)37-2/h4-14,17,26H,15-16,18-19H2,1-3H3. The van der Waals surface area contributed by atoms with Gasteiger partial charge in [-0.15, -0.1) is 0 Å². The molecule has 0 aliphatic carbocycles. The Bertz CT molecular complexity index is 1330. The van der Waals surface area contributed by atoms with Crippen molar-refractivity contribution in [1.82, 2.24) is 9.91 Å². The predicted molar refractivity (Wildman–Crippen MR) is 141 cm³/mol. The maximum atomic E-state index is 14.4. The van der Waals surface area contributed by atoms with Gasteiger partial charge in [-0.25, -0.2) is 9.40 Å². The minimum Gasteiger partial charge on any atom is -0.497 e. The molecule has 8 nitrogen and oxygen atoms in total. The van der Waals surface area contributed by atoms with E-state index in [0.717, 1.165) is 11.1 Å². The van der Waals surface area contributed by atoms with Crippen LogP contribution in [-0.2, 0) is 9.53 Å². The Labute approximate surface area is 221 Å². The maximum absolute atomic E-state index is 14.4. The van der Waals surface area contributed by atoms with Gasteiger partial charge in [0.1, 0.15) is 23.9 Å². The summed E-state index contributed by atoms with van der Waals surface area (Å²) in [5.41, 5.74) is 2.18. The second kappa shape index (κ2) is 12.3. The van der Waals surface area contributed by atoms with Crippen molar-refractivity contribution in [3.05, 3.63) is 95.3 Å². The number of hydrogen-bond donors (Lipinski definition) is 0. The van der Waals surface area contributed by atoms with E-state index in [4.69, 9.17) is 19.3 Å². The molecule has 2 amide bonds. The zero-order valence-electron chi connectivity index (χ0n) is 21.6. The number of methoxy groups -OCH3 is 3. The van der Waals surface area contributed by atoms with E-state index in [0.29, 0.717) is 23.6 Å². The van der Waals surface area contributed by atoms with Crippen LogP contribution in [0.3, 0.4) is 0 Å². The molecule has 3 aromatic carbocycles. The molecular weight excluding hydrogens is 489 g/mol. The topological polar surface area (TPSA) is 80.7 Å². The third-order valence-corrected chi connectivity index (χ3v) is 6.35. The summed E-state index contributed by atoms with van der Waals surface area (Å²) in [6.45, 7) is -0.0200. The first-order valence-electron chi connectivity index (χ1n) is 12.2. The molecule has 3 aromatic rings. The number of amides is 2. The number of carbonyl (C=O) groups excluding carboxylic acids is 2.